The summed E-state index contributed by atoms with van der Waals surface area (Å²) >= 11 is 0. The molecule has 0 fully saturated rings. The highest BCUT2D eigenvalue weighted by Crippen LogP contribution is 2.27. The second-order valence-corrected chi connectivity index (χ2v) is 6.24. The summed E-state index contributed by atoms with van der Waals surface area (Å²) < 4.78 is 5.52. The predicted octanol–water partition coefficient (Wildman–Crippen LogP) is 3.55. The first-order valence-corrected chi connectivity index (χ1v) is 8.70. The van der Waals surface area contributed by atoms with Gasteiger partial charge >= 0.3 is 5.97 Å². The first kappa shape index (κ1) is 17.9. The lowest BCUT2D eigenvalue weighted by Crippen LogP contribution is -2.09. The van der Waals surface area contributed by atoms with Crippen LogP contribution in [0.15, 0.2) is 66.7 Å². The molecule has 0 aliphatic carbocycles. The molecule has 0 unspecified atom stereocenters. The van der Waals surface area contributed by atoms with Crippen LogP contribution in [-0.2, 0) is 0 Å². The monoisotopic (exact) mass is 381 g/mol. The third-order valence-corrected chi connectivity index (χ3v) is 4.41. The number of rotatable bonds is 3. The number of nitrogens with zero attached hydrogens (tertiary/aromatic N) is 3. The Morgan fingerprint density at radius 3 is 2.41 bits per heavy atom. The van der Waals surface area contributed by atoms with Crippen LogP contribution in [0.5, 0.6) is 5.75 Å². The molecular formula is C22H15N5O2. The van der Waals surface area contributed by atoms with Gasteiger partial charge < -0.3 is 16.2 Å². The molecule has 1 heterocycles. The standard InChI is InChI=1S/C22H15N5O2/c23-12-18-19(26-22(25)27-20(18)24)14-8-10-15(11-9-14)29-21(28)17-7-3-5-13-4-1-2-6-16(13)17/h1-11H,(H4,24,25,26,27). The first-order valence-electron chi connectivity index (χ1n) is 8.70. The number of nitrogen functional groups attached to an aromatic ring is 2. The van der Waals surface area contributed by atoms with Crippen molar-refractivity contribution in [3.05, 3.63) is 77.9 Å². The van der Waals surface area contributed by atoms with Gasteiger partial charge in [-0.1, -0.05) is 36.4 Å². The molecule has 0 atom stereocenters. The van der Waals surface area contributed by atoms with E-state index in [4.69, 9.17) is 16.2 Å². The Bertz CT molecular complexity index is 1270. The Hall–Kier alpha value is -4.44. The topological polar surface area (TPSA) is 128 Å². The van der Waals surface area contributed by atoms with Crippen LogP contribution in [0.25, 0.3) is 22.0 Å². The zero-order valence-electron chi connectivity index (χ0n) is 15.2. The maximum Gasteiger partial charge on any atom is 0.344 e. The number of fused-ring (bicyclic) bond motifs is 1. The molecule has 140 valence electrons. The average molecular weight is 381 g/mol. The van der Waals surface area contributed by atoms with E-state index in [2.05, 4.69) is 9.97 Å². The molecule has 1 aromatic heterocycles. The number of hydrogen-bond acceptors (Lipinski definition) is 7. The minimum Gasteiger partial charge on any atom is -0.423 e. The van der Waals surface area contributed by atoms with Crippen molar-refractivity contribution in [2.45, 2.75) is 0 Å². The van der Waals surface area contributed by atoms with Crippen LogP contribution < -0.4 is 16.2 Å². The van der Waals surface area contributed by atoms with Crippen LogP contribution in [0.4, 0.5) is 11.8 Å². The Morgan fingerprint density at radius 2 is 1.66 bits per heavy atom. The van der Waals surface area contributed by atoms with Crippen LogP contribution in [0.3, 0.4) is 0 Å². The first-order chi connectivity index (χ1) is 14.1. The van der Waals surface area contributed by atoms with Crippen LogP contribution in [0.2, 0.25) is 0 Å². The van der Waals surface area contributed by atoms with E-state index in [1.807, 2.05) is 42.5 Å². The van der Waals surface area contributed by atoms with E-state index in [0.29, 0.717) is 22.6 Å². The third kappa shape index (κ3) is 3.42. The van der Waals surface area contributed by atoms with E-state index >= 15 is 0 Å². The molecule has 0 radical (unpaired) electrons. The third-order valence-electron chi connectivity index (χ3n) is 4.41. The number of benzene rings is 3. The van der Waals surface area contributed by atoms with E-state index in [1.165, 1.54) is 0 Å². The number of nitriles is 1. The van der Waals surface area contributed by atoms with E-state index < -0.39 is 5.97 Å². The average Bonchev–Trinajstić information content (AvgIpc) is 2.73. The van der Waals surface area contributed by atoms with E-state index in [0.717, 1.165) is 10.8 Å². The molecular weight excluding hydrogens is 366 g/mol. The van der Waals surface area contributed by atoms with Gasteiger partial charge in [0, 0.05) is 5.56 Å². The van der Waals surface area contributed by atoms with Crippen molar-refractivity contribution in [1.82, 2.24) is 9.97 Å². The fourth-order valence-electron chi connectivity index (χ4n) is 3.06. The summed E-state index contributed by atoms with van der Waals surface area (Å²) in [5.74, 6) is -0.104. The maximum absolute atomic E-state index is 12.7. The van der Waals surface area contributed by atoms with Crippen molar-refractivity contribution in [1.29, 1.82) is 5.26 Å². The van der Waals surface area contributed by atoms with Gasteiger partial charge in [-0.15, -0.1) is 0 Å². The molecule has 0 spiro atoms. The van der Waals surface area contributed by atoms with Gasteiger partial charge in [-0.05, 0) is 41.1 Å². The lowest BCUT2D eigenvalue weighted by molar-refractivity contribution is 0.0737. The van der Waals surface area contributed by atoms with Crippen LogP contribution in [0, 0.1) is 11.3 Å². The maximum atomic E-state index is 12.7. The molecule has 0 amide bonds. The van der Waals surface area contributed by atoms with Crippen molar-refractivity contribution in [3.8, 4) is 23.1 Å². The fraction of sp³-hybridized carbons (Fsp3) is 0. The van der Waals surface area contributed by atoms with Gasteiger partial charge in [-0.2, -0.15) is 10.2 Å². The summed E-state index contributed by atoms with van der Waals surface area (Å²) in [6.07, 6.45) is 0. The van der Waals surface area contributed by atoms with E-state index in [9.17, 15) is 10.1 Å². The highest BCUT2D eigenvalue weighted by Gasteiger charge is 2.15. The second kappa shape index (κ2) is 7.29. The molecule has 4 N–H and O–H groups in total. The van der Waals surface area contributed by atoms with E-state index in [1.54, 1.807) is 30.3 Å². The van der Waals surface area contributed by atoms with Crippen molar-refractivity contribution >= 4 is 28.5 Å². The molecule has 4 rings (SSSR count). The predicted molar refractivity (Wildman–Crippen MR) is 110 cm³/mol. The number of aromatic nitrogens is 2. The van der Waals surface area contributed by atoms with Crippen LogP contribution in [-0.4, -0.2) is 15.9 Å². The van der Waals surface area contributed by atoms with Gasteiger partial charge in [0.2, 0.25) is 5.95 Å². The van der Waals surface area contributed by atoms with Gasteiger partial charge in [0.15, 0.2) is 0 Å². The quantitative estimate of drug-likeness (QED) is 0.410. The second-order valence-electron chi connectivity index (χ2n) is 6.24. The van der Waals surface area contributed by atoms with Gasteiger partial charge in [0.1, 0.15) is 23.2 Å². The normalized spacial score (nSPS) is 10.4. The molecule has 0 saturated heterocycles. The van der Waals surface area contributed by atoms with Gasteiger partial charge in [-0.3, -0.25) is 0 Å². The Kier molecular flexibility index (Phi) is 4.51. The lowest BCUT2D eigenvalue weighted by Gasteiger charge is -2.09. The fourth-order valence-corrected chi connectivity index (χ4v) is 3.06. The lowest BCUT2D eigenvalue weighted by atomic mass is 10.0. The molecule has 0 aliphatic heterocycles. The van der Waals surface area contributed by atoms with E-state index in [-0.39, 0.29) is 17.3 Å². The summed E-state index contributed by atoms with van der Waals surface area (Å²) in [7, 11) is 0. The molecule has 29 heavy (non-hydrogen) atoms. The van der Waals surface area contributed by atoms with Gasteiger partial charge in [-0.25, -0.2) is 9.78 Å². The number of ether oxygens (including phenoxy) is 1. The summed E-state index contributed by atoms with van der Waals surface area (Å²) in [5.41, 5.74) is 12.9. The Morgan fingerprint density at radius 1 is 0.931 bits per heavy atom. The number of anilines is 2. The zero-order chi connectivity index (χ0) is 20.4. The molecule has 3 aromatic carbocycles. The van der Waals surface area contributed by atoms with Crippen LogP contribution >= 0.6 is 0 Å². The van der Waals surface area contributed by atoms with Gasteiger partial charge in [0.05, 0.1) is 11.3 Å². The number of nitrogens with two attached hydrogens (primary N) is 2. The molecule has 0 aliphatic rings. The molecule has 0 saturated carbocycles. The minimum absolute atomic E-state index is 0.0152. The smallest absolute Gasteiger partial charge is 0.344 e. The van der Waals surface area contributed by atoms with Gasteiger partial charge in [0.25, 0.3) is 0 Å². The number of carbonyl (C=O) groups excluding carboxylic acids is 1. The van der Waals surface area contributed by atoms with Crippen molar-refractivity contribution in [2.24, 2.45) is 0 Å². The number of hydrogen-bond donors (Lipinski definition) is 2. The number of esters is 1. The summed E-state index contributed by atoms with van der Waals surface area (Å²) in [6, 6.07) is 21.7. The Balaban J connectivity index is 1.63. The molecule has 7 heteroatoms. The minimum atomic E-state index is -0.456. The summed E-state index contributed by atoms with van der Waals surface area (Å²) in [6.45, 7) is 0. The van der Waals surface area contributed by atoms with Crippen molar-refractivity contribution < 1.29 is 9.53 Å². The highest BCUT2D eigenvalue weighted by molar-refractivity contribution is 6.05. The highest BCUT2D eigenvalue weighted by atomic mass is 16.5. The Labute approximate surface area is 166 Å². The largest absolute Gasteiger partial charge is 0.423 e. The van der Waals surface area contributed by atoms with Crippen LogP contribution in [0.1, 0.15) is 15.9 Å². The zero-order valence-corrected chi connectivity index (χ0v) is 15.2. The van der Waals surface area contributed by atoms with Crippen molar-refractivity contribution in [3.63, 3.8) is 0 Å². The molecule has 7 nitrogen and oxygen atoms in total. The summed E-state index contributed by atoms with van der Waals surface area (Å²) in [4.78, 5) is 20.6. The molecule has 4 aromatic rings. The van der Waals surface area contributed by atoms with Crippen molar-refractivity contribution in [2.75, 3.05) is 11.5 Å². The summed E-state index contributed by atoms with van der Waals surface area (Å²) in [5, 5.41) is 11.1. The molecule has 0 bridgehead atoms. The number of carbonyl (C=O) groups is 1. The SMILES string of the molecule is N#Cc1c(N)nc(N)nc1-c1ccc(OC(=O)c2cccc3ccccc23)cc1.